The van der Waals surface area contributed by atoms with Crippen LogP contribution in [-0.4, -0.2) is 23.5 Å². The molecule has 0 saturated carbocycles. The van der Waals surface area contributed by atoms with Gasteiger partial charge < -0.3 is 10.1 Å². The van der Waals surface area contributed by atoms with Gasteiger partial charge in [0.05, 0.1) is 5.69 Å². The average molecular weight is 472 g/mol. The SMILES string of the molecule is CC(=O)Nc1ccc(C(=O)NN(C(=O)OC(C)(C)C)c2ccc(C=Cc3ccccc3)cc2)cc1. The largest absolute Gasteiger partial charge is 0.442 e. The molecule has 2 N–H and O–H groups in total. The number of hydrazine groups is 1. The molecule has 3 rings (SSSR count). The third kappa shape index (κ3) is 7.85. The number of nitrogens with zero attached hydrogens (tertiary/aromatic N) is 1. The maximum absolute atomic E-state index is 12.9. The number of carbonyl (C=O) groups is 3. The van der Waals surface area contributed by atoms with Crippen LogP contribution in [0.2, 0.25) is 0 Å². The Morgan fingerprint density at radius 3 is 1.91 bits per heavy atom. The van der Waals surface area contributed by atoms with E-state index in [2.05, 4.69) is 10.7 Å². The zero-order valence-corrected chi connectivity index (χ0v) is 20.2. The van der Waals surface area contributed by atoms with Crippen LogP contribution >= 0.6 is 0 Å². The summed E-state index contributed by atoms with van der Waals surface area (Å²) in [6.45, 7) is 6.66. The minimum Gasteiger partial charge on any atom is -0.442 e. The quantitative estimate of drug-likeness (QED) is 0.358. The van der Waals surface area contributed by atoms with Gasteiger partial charge in [-0.3, -0.25) is 15.0 Å². The number of benzene rings is 3. The Kier molecular flexibility index (Phi) is 8.04. The van der Waals surface area contributed by atoms with Crippen molar-refractivity contribution in [3.63, 3.8) is 0 Å². The lowest BCUT2D eigenvalue weighted by atomic mass is 10.1. The molecule has 0 unspecified atom stereocenters. The summed E-state index contributed by atoms with van der Waals surface area (Å²) in [7, 11) is 0. The lowest BCUT2D eigenvalue weighted by Crippen LogP contribution is -2.48. The molecule has 3 aromatic carbocycles. The number of ether oxygens (including phenoxy) is 1. The van der Waals surface area contributed by atoms with Crippen LogP contribution in [0.3, 0.4) is 0 Å². The van der Waals surface area contributed by atoms with E-state index in [0.717, 1.165) is 16.1 Å². The summed E-state index contributed by atoms with van der Waals surface area (Å²) in [6.07, 6.45) is 3.24. The normalized spacial score (nSPS) is 11.1. The molecular formula is C28H29N3O4. The molecule has 180 valence electrons. The van der Waals surface area contributed by atoms with Gasteiger partial charge in [0.1, 0.15) is 5.60 Å². The van der Waals surface area contributed by atoms with Crippen molar-refractivity contribution >= 4 is 41.4 Å². The predicted molar refractivity (Wildman–Crippen MR) is 139 cm³/mol. The average Bonchev–Trinajstić information content (AvgIpc) is 2.81. The van der Waals surface area contributed by atoms with Gasteiger partial charge in [-0.15, -0.1) is 0 Å². The fourth-order valence-electron chi connectivity index (χ4n) is 3.09. The van der Waals surface area contributed by atoms with Gasteiger partial charge in [-0.2, -0.15) is 5.01 Å². The van der Waals surface area contributed by atoms with Gasteiger partial charge >= 0.3 is 6.09 Å². The number of hydrogen-bond donors (Lipinski definition) is 2. The summed E-state index contributed by atoms with van der Waals surface area (Å²) in [4.78, 5) is 37.0. The minimum absolute atomic E-state index is 0.208. The van der Waals surface area contributed by atoms with Crippen molar-refractivity contribution in [2.75, 3.05) is 10.3 Å². The first-order chi connectivity index (χ1) is 16.6. The van der Waals surface area contributed by atoms with Gasteiger partial charge in [-0.05, 0) is 68.3 Å². The highest BCUT2D eigenvalue weighted by molar-refractivity contribution is 6.00. The summed E-state index contributed by atoms with van der Waals surface area (Å²) >= 11 is 0. The Labute approximate surface area is 205 Å². The van der Waals surface area contributed by atoms with Crippen LogP contribution < -0.4 is 15.8 Å². The van der Waals surface area contributed by atoms with Crippen molar-refractivity contribution in [1.29, 1.82) is 0 Å². The lowest BCUT2D eigenvalue weighted by molar-refractivity contribution is -0.114. The molecule has 0 fully saturated rings. The maximum atomic E-state index is 12.9. The number of hydrogen-bond acceptors (Lipinski definition) is 4. The van der Waals surface area contributed by atoms with E-state index in [0.29, 0.717) is 16.9 Å². The van der Waals surface area contributed by atoms with E-state index in [4.69, 9.17) is 4.74 Å². The Morgan fingerprint density at radius 2 is 1.37 bits per heavy atom. The second-order valence-electron chi connectivity index (χ2n) is 8.85. The number of rotatable bonds is 5. The van der Waals surface area contributed by atoms with Crippen LogP contribution in [0.5, 0.6) is 0 Å². The summed E-state index contributed by atoms with van der Waals surface area (Å²) < 4.78 is 5.50. The first-order valence-corrected chi connectivity index (χ1v) is 11.2. The zero-order chi connectivity index (χ0) is 25.4. The van der Waals surface area contributed by atoms with Crippen LogP contribution in [0.1, 0.15) is 49.2 Å². The molecule has 0 heterocycles. The van der Waals surface area contributed by atoms with Crippen molar-refractivity contribution < 1.29 is 19.1 Å². The number of anilines is 2. The second-order valence-corrected chi connectivity index (χ2v) is 8.85. The Morgan fingerprint density at radius 1 is 0.800 bits per heavy atom. The molecule has 0 spiro atoms. The van der Waals surface area contributed by atoms with Crippen LogP contribution in [0.25, 0.3) is 12.2 Å². The standard InChI is InChI=1S/C28H29N3O4/c1-20(32)29-24-16-14-23(15-17-24)26(33)30-31(27(34)35-28(2,3)4)25-18-12-22(13-19-25)11-10-21-8-6-5-7-9-21/h5-19H,1-4H3,(H,29,32)(H,30,33). The molecule has 35 heavy (non-hydrogen) atoms. The Bertz CT molecular complexity index is 1200. The Hall–Kier alpha value is -4.39. The maximum Gasteiger partial charge on any atom is 0.434 e. The fraction of sp³-hybridized carbons (Fsp3) is 0.179. The summed E-state index contributed by atoms with van der Waals surface area (Å²) in [6, 6.07) is 23.4. The van der Waals surface area contributed by atoms with Crippen molar-refractivity contribution in [2.24, 2.45) is 0 Å². The van der Waals surface area contributed by atoms with Gasteiger partial charge in [-0.25, -0.2) is 4.79 Å². The molecule has 7 heteroatoms. The van der Waals surface area contributed by atoms with E-state index >= 15 is 0 Å². The summed E-state index contributed by atoms with van der Waals surface area (Å²) in [5.41, 5.74) is 5.20. The molecule has 0 aliphatic rings. The van der Waals surface area contributed by atoms with E-state index in [1.54, 1.807) is 57.2 Å². The molecule has 0 bridgehead atoms. The predicted octanol–water partition coefficient (Wildman–Crippen LogP) is 5.90. The van der Waals surface area contributed by atoms with Gasteiger partial charge in [-0.1, -0.05) is 54.6 Å². The summed E-state index contributed by atoms with van der Waals surface area (Å²) in [5, 5.41) is 3.73. The molecule has 3 amide bonds. The van der Waals surface area contributed by atoms with Gasteiger partial charge in [0.2, 0.25) is 5.91 Å². The molecule has 0 aliphatic carbocycles. The molecule has 7 nitrogen and oxygen atoms in total. The van der Waals surface area contributed by atoms with Crippen LogP contribution in [0.15, 0.2) is 78.9 Å². The van der Waals surface area contributed by atoms with Crippen molar-refractivity contribution in [3.8, 4) is 0 Å². The zero-order valence-electron chi connectivity index (χ0n) is 20.2. The third-order valence-electron chi connectivity index (χ3n) is 4.68. The van der Waals surface area contributed by atoms with E-state index in [9.17, 15) is 14.4 Å². The first kappa shape index (κ1) is 25.2. The highest BCUT2D eigenvalue weighted by Crippen LogP contribution is 2.20. The van der Waals surface area contributed by atoms with E-state index < -0.39 is 17.6 Å². The molecule has 3 aromatic rings. The third-order valence-corrected chi connectivity index (χ3v) is 4.68. The van der Waals surface area contributed by atoms with Crippen molar-refractivity contribution in [2.45, 2.75) is 33.3 Å². The van der Waals surface area contributed by atoms with Crippen molar-refractivity contribution in [1.82, 2.24) is 5.43 Å². The highest BCUT2D eigenvalue weighted by atomic mass is 16.6. The fourth-order valence-corrected chi connectivity index (χ4v) is 3.09. The lowest BCUT2D eigenvalue weighted by Gasteiger charge is -2.27. The number of carbonyl (C=O) groups excluding carboxylic acids is 3. The van der Waals surface area contributed by atoms with Crippen LogP contribution in [-0.2, 0) is 9.53 Å². The van der Waals surface area contributed by atoms with Gasteiger partial charge in [0.15, 0.2) is 0 Å². The van der Waals surface area contributed by atoms with Gasteiger partial charge in [0, 0.05) is 18.2 Å². The highest BCUT2D eigenvalue weighted by Gasteiger charge is 2.25. The van der Waals surface area contributed by atoms with Crippen LogP contribution in [0, 0.1) is 0 Å². The second kappa shape index (κ2) is 11.2. The monoisotopic (exact) mass is 471 g/mol. The topological polar surface area (TPSA) is 87.7 Å². The number of nitrogens with one attached hydrogen (secondary N) is 2. The van der Waals surface area contributed by atoms with E-state index in [-0.39, 0.29) is 5.91 Å². The number of amides is 3. The Balaban J connectivity index is 1.80. The van der Waals surface area contributed by atoms with Crippen LogP contribution in [0.4, 0.5) is 16.2 Å². The molecule has 0 radical (unpaired) electrons. The minimum atomic E-state index is -0.752. The van der Waals surface area contributed by atoms with Gasteiger partial charge in [0.25, 0.3) is 5.91 Å². The molecule has 0 aromatic heterocycles. The summed E-state index contributed by atoms with van der Waals surface area (Å²) in [5.74, 6) is -0.710. The molecule has 0 saturated heterocycles. The van der Waals surface area contributed by atoms with E-state index in [1.165, 1.54) is 6.92 Å². The van der Waals surface area contributed by atoms with Crippen molar-refractivity contribution in [3.05, 3.63) is 95.6 Å². The smallest absolute Gasteiger partial charge is 0.434 e. The molecule has 0 atom stereocenters. The first-order valence-electron chi connectivity index (χ1n) is 11.2. The molecular weight excluding hydrogens is 442 g/mol. The molecule has 0 aliphatic heterocycles. The van der Waals surface area contributed by atoms with E-state index in [1.807, 2.05) is 54.6 Å².